The summed E-state index contributed by atoms with van der Waals surface area (Å²) in [6.45, 7) is 2.05. The summed E-state index contributed by atoms with van der Waals surface area (Å²) in [5, 5.41) is 2.84. The van der Waals surface area contributed by atoms with Crippen LogP contribution in [0.2, 0.25) is 0 Å². The van der Waals surface area contributed by atoms with Crippen molar-refractivity contribution in [3.63, 3.8) is 0 Å². The molecule has 5 nitrogen and oxygen atoms in total. The van der Waals surface area contributed by atoms with Gasteiger partial charge in [0.05, 0.1) is 12.3 Å². The van der Waals surface area contributed by atoms with Gasteiger partial charge in [0.2, 0.25) is 0 Å². The van der Waals surface area contributed by atoms with E-state index >= 15 is 0 Å². The van der Waals surface area contributed by atoms with Crippen molar-refractivity contribution in [2.24, 2.45) is 0 Å². The first-order valence-electron chi connectivity index (χ1n) is 7.37. The zero-order valence-corrected chi connectivity index (χ0v) is 13.5. The largest absolute Gasteiger partial charge is 0.481 e. The van der Waals surface area contributed by atoms with E-state index in [1.165, 1.54) is 24.3 Å². The minimum Gasteiger partial charge on any atom is -0.481 e. The normalized spacial score (nSPS) is 13.6. The number of halogens is 1. The Morgan fingerprint density at radius 1 is 1.30 bits per heavy atom. The first-order valence-corrected chi connectivity index (χ1v) is 7.37. The number of likely N-dealkylation sites (N-methyl/N-ethyl adjacent to an activating group) is 1. The third-order valence-corrected chi connectivity index (χ3v) is 3.46. The molecule has 2 rings (SSSR count). The van der Waals surface area contributed by atoms with Gasteiger partial charge in [0.25, 0.3) is 5.91 Å². The Bertz CT molecular complexity index is 611. The molecule has 23 heavy (non-hydrogen) atoms. The van der Waals surface area contributed by atoms with E-state index in [9.17, 15) is 9.18 Å². The highest BCUT2D eigenvalue weighted by molar-refractivity contribution is 5.80. The van der Waals surface area contributed by atoms with E-state index in [0.717, 1.165) is 5.76 Å². The molecule has 1 amide bonds. The number of amides is 1. The lowest BCUT2D eigenvalue weighted by Crippen LogP contribution is -2.40. The molecule has 1 aromatic carbocycles. The Kier molecular flexibility index (Phi) is 5.76. The van der Waals surface area contributed by atoms with Crippen molar-refractivity contribution in [2.45, 2.75) is 19.1 Å². The zero-order valence-electron chi connectivity index (χ0n) is 13.5. The molecular formula is C17H21FN2O3. The van der Waals surface area contributed by atoms with E-state index in [1.807, 2.05) is 31.1 Å². The second-order valence-electron chi connectivity index (χ2n) is 5.45. The molecule has 6 heteroatoms. The van der Waals surface area contributed by atoms with Crippen LogP contribution in [0.4, 0.5) is 4.39 Å². The van der Waals surface area contributed by atoms with Crippen molar-refractivity contribution >= 4 is 5.91 Å². The van der Waals surface area contributed by atoms with Gasteiger partial charge in [-0.2, -0.15) is 0 Å². The van der Waals surface area contributed by atoms with Gasteiger partial charge in [-0.05, 0) is 57.4 Å². The molecular weight excluding hydrogens is 299 g/mol. The van der Waals surface area contributed by atoms with Crippen LogP contribution in [-0.4, -0.2) is 37.6 Å². The summed E-state index contributed by atoms with van der Waals surface area (Å²) in [7, 11) is 3.83. The number of hydrogen-bond donors (Lipinski definition) is 1. The van der Waals surface area contributed by atoms with Gasteiger partial charge in [-0.25, -0.2) is 4.39 Å². The molecule has 0 spiro atoms. The fraction of sp³-hybridized carbons (Fsp3) is 0.353. The Morgan fingerprint density at radius 2 is 2.00 bits per heavy atom. The fourth-order valence-corrected chi connectivity index (χ4v) is 2.13. The molecule has 0 aliphatic rings. The van der Waals surface area contributed by atoms with Crippen LogP contribution < -0.4 is 10.1 Å². The minimum absolute atomic E-state index is 0.0630. The number of furan rings is 1. The average molecular weight is 320 g/mol. The van der Waals surface area contributed by atoms with Crippen LogP contribution in [0.25, 0.3) is 0 Å². The molecule has 0 radical (unpaired) electrons. The number of benzene rings is 1. The van der Waals surface area contributed by atoms with Crippen molar-refractivity contribution in [1.29, 1.82) is 0 Å². The fourth-order valence-electron chi connectivity index (χ4n) is 2.13. The van der Waals surface area contributed by atoms with Crippen LogP contribution in [0.15, 0.2) is 47.1 Å². The van der Waals surface area contributed by atoms with Crippen LogP contribution >= 0.6 is 0 Å². The molecule has 124 valence electrons. The van der Waals surface area contributed by atoms with Gasteiger partial charge in [0.1, 0.15) is 17.3 Å². The zero-order chi connectivity index (χ0) is 16.8. The predicted octanol–water partition coefficient (Wildman–Crippen LogP) is 2.61. The first-order chi connectivity index (χ1) is 11.0. The molecule has 0 bridgehead atoms. The summed E-state index contributed by atoms with van der Waals surface area (Å²) in [5.74, 6) is 0.640. The van der Waals surface area contributed by atoms with Gasteiger partial charge in [-0.3, -0.25) is 9.69 Å². The maximum atomic E-state index is 12.9. The van der Waals surface area contributed by atoms with E-state index in [0.29, 0.717) is 12.3 Å². The van der Waals surface area contributed by atoms with Crippen molar-refractivity contribution < 1.29 is 18.3 Å². The molecule has 0 unspecified atom stereocenters. The number of nitrogens with one attached hydrogen (secondary N) is 1. The minimum atomic E-state index is -0.681. The number of ether oxygens (including phenoxy) is 1. The SMILES string of the molecule is C[C@H](Oc1ccc(F)cc1)C(=O)NC[C@H](c1ccco1)N(C)C. The smallest absolute Gasteiger partial charge is 0.260 e. The number of nitrogens with zero attached hydrogens (tertiary/aromatic N) is 1. The maximum absolute atomic E-state index is 12.9. The topological polar surface area (TPSA) is 54.7 Å². The molecule has 1 aromatic heterocycles. The quantitative estimate of drug-likeness (QED) is 0.852. The summed E-state index contributed by atoms with van der Waals surface area (Å²) in [6, 6.07) is 9.18. The third-order valence-electron chi connectivity index (χ3n) is 3.46. The Balaban J connectivity index is 1.88. The van der Waals surface area contributed by atoms with E-state index in [1.54, 1.807) is 13.2 Å². The van der Waals surface area contributed by atoms with Gasteiger partial charge < -0.3 is 14.5 Å². The van der Waals surface area contributed by atoms with Crippen molar-refractivity contribution in [3.8, 4) is 5.75 Å². The monoisotopic (exact) mass is 320 g/mol. The highest BCUT2D eigenvalue weighted by Crippen LogP contribution is 2.18. The molecule has 0 saturated carbocycles. The standard InChI is InChI=1S/C17H21FN2O3/c1-12(23-14-8-6-13(18)7-9-14)17(21)19-11-15(20(2)3)16-5-4-10-22-16/h4-10,12,15H,11H2,1-3H3,(H,19,21)/t12-,15+/m0/s1. The average Bonchev–Trinajstić information content (AvgIpc) is 3.03. The van der Waals surface area contributed by atoms with Crippen LogP contribution in [0.1, 0.15) is 18.7 Å². The number of carbonyl (C=O) groups is 1. The van der Waals surface area contributed by atoms with Crippen LogP contribution in [-0.2, 0) is 4.79 Å². The van der Waals surface area contributed by atoms with Gasteiger partial charge in [0.15, 0.2) is 6.10 Å². The van der Waals surface area contributed by atoms with Crippen molar-refractivity contribution in [2.75, 3.05) is 20.6 Å². The first kappa shape index (κ1) is 17.0. The lowest BCUT2D eigenvalue weighted by atomic mass is 10.2. The van der Waals surface area contributed by atoms with Gasteiger partial charge in [0, 0.05) is 6.54 Å². The van der Waals surface area contributed by atoms with Crippen LogP contribution in [0.5, 0.6) is 5.75 Å². The molecule has 2 aromatic rings. The van der Waals surface area contributed by atoms with Crippen molar-refractivity contribution in [1.82, 2.24) is 10.2 Å². The predicted molar refractivity (Wildman–Crippen MR) is 84.6 cm³/mol. The van der Waals surface area contributed by atoms with Crippen molar-refractivity contribution in [3.05, 3.63) is 54.2 Å². The molecule has 0 fully saturated rings. The molecule has 0 aliphatic carbocycles. The van der Waals surface area contributed by atoms with Crippen LogP contribution in [0, 0.1) is 5.82 Å². The second kappa shape index (κ2) is 7.78. The lowest BCUT2D eigenvalue weighted by molar-refractivity contribution is -0.127. The number of hydrogen-bond acceptors (Lipinski definition) is 4. The molecule has 1 heterocycles. The highest BCUT2D eigenvalue weighted by Gasteiger charge is 2.20. The molecule has 1 N–H and O–H groups in total. The maximum Gasteiger partial charge on any atom is 0.260 e. The highest BCUT2D eigenvalue weighted by atomic mass is 19.1. The molecule has 0 aliphatic heterocycles. The third kappa shape index (κ3) is 4.82. The Hall–Kier alpha value is -2.34. The summed E-state index contributed by atoms with van der Waals surface area (Å²) in [5.41, 5.74) is 0. The second-order valence-corrected chi connectivity index (χ2v) is 5.45. The number of rotatable bonds is 7. The summed E-state index contributed by atoms with van der Waals surface area (Å²) in [6.07, 6.45) is 0.924. The van der Waals surface area contributed by atoms with E-state index < -0.39 is 6.10 Å². The molecule has 2 atom stereocenters. The Morgan fingerprint density at radius 3 is 2.57 bits per heavy atom. The van der Waals surface area contributed by atoms with E-state index in [4.69, 9.17) is 9.15 Å². The summed E-state index contributed by atoms with van der Waals surface area (Å²) < 4.78 is 23.7. The number of carbonyl (C=O) groups excluding carboxylic acids is 1. The lowest BCUT2D eigenvalue weighted by Gasteiger charge is -2.23. The van der Waals surface area contributed by atoms with E-state index in [2.05, 4.69) is 5.32 Å². The van der Waals surface area contributed by atoms with Gasteiger partial charge >= 0.3 is 0 Å². The van der Waals surface area contributed by atoms with Gasteiger partial charge in [-0.1, -0.05) is 0 Å². The molecule has 0 saturated heterocycles. The summed E-state index contributed by atoms with van der Waals surface area (Å²) >= 11 is 0. The van der Waals surface area contributed by atoms with E-state index in [-0.39, 0.29) is 17.8 Å². The van der Waals surface area contributed by atoms with Gasteiger partial charge in [-0.15, -0.1) is 0 Å². The Labute approximate surface area is 135 Å². The summed E-state index contributed by atoms with van der Waals surface area (Å²) in [4.78, 5) is 14.1. The van der Waals surface area contributed by atoms with Crippen LogP contribution in [0.3, 0.4) is 0 Å².